The number of benzene rings is 1. The molecule has 0 amide bonds. The van der Waals surface area contributed by atoms with Crippen LogP contribution in [0.2, 0.25) is 0 Å². The Bertz CT molecular complexity index is 773. The molecule has 5 nitrogen and oxygen atoms in total. The number of nitriles is 1. The van der Waals surface area contributed by atoms with E-state index in [-0.39, 0.29) is 12.1 Å². The summed E-state index contributed by atoms with van der Waals surface area (Å²) in [6.45, 7) is 2.13. The van der Waals surface area contributed by atoms with E-state index in [0.29, 0.717) is 12.3 Å². The van der Waals surface area contributed by atoms with Gasteiger partial charge in [-0.3, -0.25) is 14.2 Å². The van der Waals surface area contributed by atoms with Gasteiger partial charge in [0.25, 0.3) is 5.56 Å². The number of hydrogen-bond acceptors (Lipinski definition) is 4. The van der Waals surface area contributed by atoms with Crippen molar-refractivity contribution in [2.45, 2.75) is 26.3 Å². The van der Waals surface area contributed by atoms with Gasteiger partial charge in [0.05, 0.1) is 12.3 Å². The fourth-order valence-corrected chi connectivity index (χ4v) is 2.19. The van der Waals surface area contributed by atoms with Crippen molar-refractivity contribution < 1.29 is 9.53 Å². The Morgan fingerprint density at radius 2 is 1.96 bits per heavy atom. The Balaban J connectivity index is 2.37. The molecule has 5 heteroatoms. The highest BCUT2D eigenvalue weighted by molar-refractivity contribution is 5.71. The van der Waals surface area contributed by atoms with E-state index in [1.54, 1.807) is 6.07 Å². The molecule has 0 atom stereocenters. The number of carbonyl (C=O) groups excluding carboxylic acids is 1. The number of rotatable bonds is 6. The van der Waals surface area contributed by atoms with Gasteiger partial charge in [0.1, 0.15) is 18.2 Å². The SMILES string of the molecule is CCCCOC(=O)Cn1c(-c2ccccc2)ccc(C#N)c1=O. The molecule has 1 heterocycles. The van der Waals surface area contributed by atoms with Crippen LogP contribution < -0.4 is 5.56 Å². The van der Waals surface area contributed by atoms with Crippen molar-refractivity contribution in [1.29, 1.82) is 5.26 Å². The zero-order chi connectivity index (χ0) is 16.7. The summed E-state index contributed by atoms with van der Waals surface area (Å²) in [7, 11) is 0. The van der Waals surface area contributed by atoms with E-state index in [2.05, 4.69) is 0 Å². The molecule has 1 aromatic heterocycles. The molecule has 1 aromatic carbocycles. The Morgan fingerprint density at radius 3 is 2.61 bits per heavy atom. The lowest BCUT2D eigenvalue weighted by atomic mass is 10.1. The molecule has 0 aliphatic heterocycles. The molecule has 0 saturated carbocycles. The smallest absolute Gasteiger partial charge is 0.326 e. The van der Waals surface area contributed by atoms with Gasteiger partial charge in [-0.15, -0.1) is 0 Å². The topological polar surface area (TPSA) is 72.1 Å². The van der Waals surface area contributed by atoms with Gasteiger partial charge >= 0.3 is 5.97 Å². The molecule has 0 unspecified atom stereocenters. The molecule has 118 valence electrons. The van der Waals surface area contributed by atoms with Crippen LogP contribution in [-0.2, 0) is 16.1 Å². The maximum absolute atomic E-state index is 12.4. The molecule has 2 aromatic rings. The lowest BCUT2D eigenvalue weighted by molar-refractivity contribution is -0.144. The molecule has 0 aliphatic rings. The first-order valence-electron chi connectivity index (χ1n) is 7.52. The summed E-state index contributed by atoms with van der Waals surface area (Å²) >= 11 is 0. The van der Waals surface area contributed by atoms with Gasteiger partial charge in [-0.05, 0) is 24.1 Å². The highest BCUT2D eigenvalue weighted by Gasteiger charge is 2.14. The molecule has 0 fully saturated rings. The van der Waals surface area contributed by atoms with Gasteiger partial charge in [-0.2, -0.15) is 5.26 Å². The largest absolute Gasteiger partial charge is 0.464 e. The van der Waals surface area contributed by atoms with Crippen molar-refractivity contribution in [3.8, 4) is 17.3 Å². The van der Waals surface area contributed by atoms with Crippen LogP contribution in [0.4, 0.5) is 0 Å². The summed E-state index contributed by atoms with van der Waals surface area (Å²) in [5.74, 6) is -0.479. The monoisotopic (exact) mass is 310 g/mol. The molecule has 0 saturated heterocycles. The second-order valence-electron chi connectivity index (χ2n) is 5.08. The van der Waals surface area contributed by atoms with E-state index in [0.717, 1.165) is 18.4 Å². The maximum atomic E-state index is 12.4. The summed E-state index contributed by atoms with van der Waals surface area (Å²) < 4.78 is 6.42. The first-order valence-corrected chi connectivity index (χ1v) is 7.52. The predicted molar refractivity (Wildman–Crippen MR) is 86.7 cm³/mol. The van der Waals surface area contributed by atoms with Crippen LogP contribution >= 0.6 is 0 Å². The van der Waals surface area contributed by atoms with Gasteiger partial charge in [0.15, 0.2) is 0 Å². The summed E-state index contributed by atoms with van der Waals surface area (Å²) in [5, 5.41) is 9.03. The van der Waals surface area contributed by atoms with E-state index in [4.69, 9.17) is 10.00 Å². The Hall–Kier alpha value is -2.87. The quantitative estimate of drug-likeness (QED) is 0.607. The molecule has 0 spiro atoms. The number of hydrogen-bond donors (Lipinski definition) is 0. The molecule has 0 aliphatic carbocycles. The fourth-order valence-electron chi connectivity index (χ4n) is 2.19. The minimum atomic E-state index is -0.485. The third-order valence-corrected chi connectivity index (χ3v) is 3.41. The van der Waals surface area contributed by atoms with Crippen LogP contribution in [0.3, 0.4) is 0 Å². The predicted octanol–water partition coefficient (Wildman–Crippen LogP) is 2.73. The molecular formula is C18H18N2O3. The minimum Gasteiger partial charge on any atom is -0.464 e. The minimum absolute atomic E-state index is 0.00559. The Kier molecular flexibility index (Phi) is 5.70. The molecule has 0 radical (unpaired) electrons. The van der Waals surface area contributed by atoms with Gasteiger partial charge in [-0.1, -0.05) is 43.7 Å². The summed E-state index contributed by atoms with van der Waals surface area (Å²) in [6, 6.07) is 14.3. The third kappa shape index (κ3) is 4.07. The fraction of sp³-hybridized carbons (Fsp3) is 0.278. The van der Waals surface area contributed by atoms with Crippen molar-refractivity contribution in [3.05, 3.63) is 58.4 Å². The molecular weight excluding hydrogens is 292 g/mol. The van der Waals surface area contributed by atoms with Crippen molar-refractivity contribution in [3.63, 3.8) is 0 Å². The molecule has 0 N–H and O–H groups in total. The zero-order valence-corrected chi connectivity index (χ0v) is 13.0. The van der Waals surface area contributed by atoms with Gasteiger partial charge < -0.3 is 4.74 Å². The number of pyridine rings is 1. The van der Waals surface area contributed by atoms with E-state index in [1.165, 1.54) is 10.6 Å². The second kappa shape index (κ2) is 7.95. The summed E-state index contributed by atoms with van der Waals surface area (Å²) in [6.07, 6.45) is 1.71. The number of nitrogens with zero attached hydrogens (tertiary/aromatic N) is 2. The maximum Gasteiger partial charge on any atom is 0.326 e. The van der Waals surface area contributed by atoms with Crippen molar-refractivity contribution in [2.75, 3.05) is 6.61 Å². The number of esters is 1. The summed E-state index contributed by atoms with van der Waals surface area (Å²) in [4.78, 5) is 24.4. The van der Waals surface area contributed by atoms with Crippen LogP contribution in [0.25, 0.3) is 11.3 Å². The van der Waals surface area contributed by atoms with E-state index < -0.39 is 11.5 Å². The standard InChI is InChI=1S/C18H18N2O3/c1-2-3-11-23-17(21)13-20-16(14-7-5-4-6-8-14)10-9-15(12-19)18(20)22/h4-10H,2-3,11,13H2,1H3. The van der Waals surface area contributed by atoms with Gasteiger partial charge in [0.2, 0.25) is 0 Å². The molecule has 23 heavy (non-hydrogen) atoms. The van der Waals surface area contributed by atoms with Crippen LogP contribution in [0.15, 0.2) is 47.3 Å². The lowest BCUT2D eigenvalue weighted by Gasteiger charge is -2.13. The van der Waals surface area contributed by atoms with Crippen LogP contribution in [0.5, 0.6) is 0 Å². The summed E-state index contributed by atoms with van der Waals surface area (Å²) in [5.41, 5.74) is 0.907. The first kappa shape index (κ1) is 16.5. The average Bonchev–Trinajstić information content (AvgIpc) is 2.57. The van der Waals surface area contributed by atoms with Crippen molar-refractivity contribution >= 4 is 5.97 Å². The van der Waals surface area contributed by atoms with E-state index >= 15 is 0 Å². The number of carbonyl (C=O) groups is 1. The number of ether oxygens (including phenoxy) is 1. The van der Waals surface area contributed by atoms with Crippen LogP contribution in [0.1, 0.15) is 25.3 Å². The highest BCUT2D eigenvalue weighted by Crippen LogP contribution is 2.18. The molecule has 2 rings (SSSR count). The molecule has 0 bridgehead atoms. The van der Waals surface area contributed by atoms with Crippen molar-refractivity contribution in [2.24, 2.45) is 0 Å². The van der Waals surface area contributed by atoms with Crippen LogP contribution in [-0.4, -0.2) is 17.1 Å². The number of unbranched alkanes of at least 4 members (excludes halogenated alkanes) is 1. The highest BCUT2D eigenvalue weighted by atomic mass is 16.5. The second-order valence-corrected chi connectivity index (χ2v) is 5.08. The third-order valence-electron chi connectivity index (χ3n) is 3.41. The average molecular weight is 310 g/mol. The van der Waals surface area contributed by atoms with E-state index in [9.17, 15) is 9.59 Å². The lowest BCUT2D eigenvalue weighted by Crippen LogP contribution is -2.28. The normalized spacial score (nSPS) is 10.1. The van der Waals surface area contributed by atoms with Gasteiger partial charge in [-0.25, -0.2) is 0 Å². The first-order chi connectivity index (χ1) is 11.2. The van der Waals surface area contributed by atoms with Gasteiger partial charge in [0, 0.05) is 0 Å². The van der Waals surface area contributed by atoms with E-state index in [1.807, 2.05) is 43.3 Å². The Labute approximate surface area is 134 Å². The Morgan fingerprint density at radius 1 is 1.22 bits per heavy atom. The zero-order valence-electron chi connectivity index (χ0n) is 13.0. The van der Waals surface area contributed by atoms with Crippen molar-refractivity contribution in [1.82, 2.24) is 4.57 Å². The van der Waals surface area contributed by atoms with Crippen LogP contribution in [0, 0.1) is 11.3 Å². The number of aromatic nitrogens is 1.